The highest BCUT2D eigenvalue weighted by Gasteiger charge is 2.05. The van der Waals surface area contributed by atoms with Crippen molar-refractivity contribution in [2.75, 3.05) is 6.54 Å². The van der Waals surface area contributed by atoms with E-state index in [0.29, 0.717) is 0 Å². The molecule has 2 rings (SSSR count). The van der Waals surface area contributed by atoms with Crippen LogP contribution >= 0.6 is 0 Å². The second-order valence-corrected chi connectivity index (χ2v) is 4.68. The maximum Gasteiger partial charge on any atom is 0.0237 e. The molecule has 1 heteroatoms. The van der Waals surface area contributed by atoms with E-state index in [0.717, 1.165) is 19.6 Å². The Morgan fingerprint density at radius 1 is 0.722 bits per heavy atom. The summed E-state index contributed by atoms with van der Waals surface area (Å²) in [4.78, 5) is 2.50. The van der Waals surface area contributed by atoms with Crippen molar-refractivity contribution in [3.8, 4) is 0 Å². The largest absolute Gasteiger partial charge is 0.295 e. The number of benzene rings is 2. The van der Waals surface area contributed by atoms with Crippen LogP contribution in [-0.2, 0) is 13.1 Å². The van der Waals surface area contributed by atoms with Crippen LogP contribution in [0.3, 0.4) is 0 Å². The summed E-state index contributed by atoms with van der Waals surface area (Å²) in [5.74, 6) is 0. The van der Waals surface area contributed by atoms with Gasteiger partial charge in [0, 0.05) is 13.1 Å². The molecule has 0 unspecified atom stereocenters. The van der Waals surface area contributed by atoms with Crippen LogP contribution in [0.25, 0.3) is 0 Å². The first-order valence-corrected chi connectivity index (χ1v) is 6.68. The van der Waals surface area contributed by atoms with E-state index in [2.05, 4.69) is 72.5 Å². The highest BCUT2D eigenvalue weighted by molar-refractivity contribution is 5.17. The molecule has 0 N–H and O–H groups in total. The van der Waals surface area contributed by atoms with Gasteiger partial charge in [-0.15, -0.1) is 0 Å². The average Bonchev–Trinajstić information content (AvgIpc) is 2.41. The van der Waals surface area contributed by atoms with Crippen molar-refractivity contribution in [3.63, 3.8) is 0 Å². The van der Waals surface area contributed by atoms with Gasteiger partial charge in [-0.05, 0) is 24.1 Å². The summed E-state index contributed by atoms with van der Waals surface area (Å²) in [6.45, 7) is 5.44. The molecule has 0 aliphatic rings. The van der Waals surface area contributed by atoms with Crippen LogP contribution in [0.1, 0.15) is 24.5 Å². The molecule has 0 aliphatic heterocycles. The Labute approximate surface area is 110 Å². The maximum atomic E-state index is 2.50. The van der Waals surface area contributed by atoms with Gasteiger partial charge in [-0.2, -0.15) is 0 Å². The van der Waals surface area contributed by atoms with E-state index in [9.17, 15) is 0 Å². The molecular weight excluding hydrogens is 218 g/mol. The van der Waals surface area contributed by atoms with Gasteiger partial charge in [0.1, 0.15) is 0 Å². The second-order valence-electron chi connectivity index (χ2n) is 4.68. The number of nitrogens with zero attached hydrogens (tertiary/aromatic N) is 1. The number of hydrogen-bond acceptors (Lipinski definition) is 1. The number of rotatable bonds is 6. The van der Waals surface area contributed by atoms with Gasteiger partial charge >= 0.3 is 0 Å². The third-order valence-electron chi connectivity index (χ3n) is 3.04. The molecule has 0 aliphatic carbocycles. The summed E-state index contributed by atoms with van der Waals surface area (Å²) >= 11 is 0. The first kappa shape index (κ1) is 12.8. The summed E-state index contributed by atoms with van der Waals surface area (Å²) in [5.41, 5.74) is 2.78. The molecule has 0 atom stereocenters. The van der Waals surface area contributed by atoms with Crippen LogP contribution < -0.4 is 0 Å². The SMILES string of the molecule is CCCN(Cc1ccccc1)Cc1ccccc1. The van der Waals surface area contributed by atoms with E-state index >= 15 is 0 Å². The molecule has 0 saturated heterocycles. The standard InChI is InChI=1S/C17H21N/c1-2-13-18(14-16-9-5-3-6-10-16)15-17-11-7-4-8-12-17/h3-12H,2,13-15H2,1H3. The lowest BCUT2D eigenvalue weighted by Crippen LogP contribution is -2.23. The van der Waals surface area contributed by atoms with Crippen molar-refractivity contribution in [1.29, 1.82) is 0 Å². The van der Waals surface area contributed by atoms with Crippen LogP contribution in [0.5, 0.6) is 0 Å². The van der Waals surface area contributed by atoms with Crippen molar-refractivity contribution in [1.82, 2.24) is 4.90 Å². The van der Waals surface area contributed by atoms with E-state index < -0.39 is 0 Å². The smallest absolute Gasteiger partial charge is 0.0237 e. The maximum absolute atomic E-state index is 2.50. The molecule has 0 fully saturated rings. The van der Waals surface area contributed by atoms with Crippen molar-refractivity contribution < 1.29 is 0 Å². The van der Waals surface area contributed by atoms with E-state index in [1.54, 1.807) is 0 Å². The highest BCUT2D eigenvalue weighted by Crippen LogP contribution is 2.10. The van der Waals surface area contributed by atoms with Crippen LogP contribution in [-0.4, -0.2) is 11.4 Å². The topological polar surface area (TPSA) is 3.24 Å². The van der Waals surface area contributed by atoms with Crippen LogP contribution in [0.15, 0.2) is 60.7 Å². The first-order valence-electron chi connectivity index (χ1n) is 6.68. The predicted molar refractivity (Wildman–Crippen MR) is 77.3 cm³/mol. The Hall–Kier alpha value is -1.60. The molecule has 0 radical (unpaired) electrons. The molecule has 0 heterocycles. The van der Waals surface area contributed by atoms with E-state index in [-0.39, 0.29) is 0 Å². The van der Waals surface area contributed by atoms with Crippen molar-refractivity contribution in [3.05, 3.63) is 71.8 Å². The summed E-state index contributed by atoms with van der Waals surface area (Å²) in [6.07, 6.45) is 1.19. The fourth-order valence-corrected chi connectivity index (χ4v) is 2.21. The molecule has 1 nitrogen and oxygen atoms in total. The van der Waals surface area contributed by atoms with Gasteiger partial charge in [-0.3, -0.25) is 4.90 Å². The third kappa shape index (κ3) is 4.01. The molecule has 0 aromatic heterocycles. The zero-order valence-electron chi connectivity index (χ0n) is 11.0. The third-order valence-corrected chi connectivity index (χ3v) is 3.04. The summed E-state index contributed by atoms with van der Waals surface area (Å²) < 4.78 is 0. The zero-order chi connectivity index (χ0) is 12.6. The highest BCUT2D eigenvalue weighted by atomic mass is 15.1. The molecule has 0 bridgehead atoms. The monoisotopic (exact) mass is 239 g/mol. The Morgan fingerprint density at radius 3 is 1.56 bits per heavy atom. The Kier molecular flexibility index (Phi) is 4.98. The van der Waals surface area contributed by atoms with Crippen molar-refractivity contribution in [2.45, 2.75) is 26.4 Å². The molecule has 2 aromatic carbocycles. The fourth-order valence-electron chi connectivity index (χ4n) is 2.21. The van der Waals surface area contributed by atoms with E-state index in [1.807, 2.05) is 0 Å². The fraction of sp³-hybridized carbons (Fsp3) is 0.294. The molecule has 0 amide bonds. The molecule has 2 aromatic rings. The van der Waals surface area contributed by atoms with Gasteiger partial charge in [-0.1, -0.05) is 67.6 Å². The Bertz CT molecular complexity index is 394. The molecule has 0 saturated carbocycles. The average molecular weight is 239 g/mol. The van der Waals surface area contributed by atoms with Crippen molar-refractivity contribution >= 4 is 0 Å². The quantitative estimate of drug-likeness (QED) is 0.733. The lowest BCUT2D eigenvalue weighted by Gasteiger charge is -2.21. The van der Waals surface area contributed by atoms with Gasteiger partial charge in [0.15, 0.2) is 0 Å². The lowest BCUT2D eigenvalue weighted by atomic mass is 10.1. The Morgan fingerprint density at radius 2 is 1.17 bits per heavy atom. The van der Waals surface area contributed by atoms with Gasteiger partial charge in [0.2, 0.25) is 0 Å². The lowest BCUT2D eigenvalue weighted by molar-refractivity contribution is 0.257. The minimum atomic E-state index is 1.03. The molecular formula is C17H21N. The van der Waals surface area contributed by atoms with Crippen LogP contribution in [0, 0.1) is 0 Å². The minimum Gasteiger partial charge on any atom is -0.295 e. The summed E-state index contributed by atoms with van der Waals surface area (Å²) in [7, 11) is 0. The molecule has 18 heavy (non-hydrogen) atoms. The van der Waals surface area contributed by atoms with Crippen LogP contribution in [0.2, 0.25) is 0 Å². The normalized spacial score (nSPS) is 10.8. The second kappa shape index (κ2) is 6.97. The van der Waals surface area contributed by atoms with Gasteiger partial charge < -0.3 is 0 Å². The summed E-state index contributed by atoms with van der Waals surface area (Å²) in [5, 5.41) is 0. The minimum absolute atomic E-state index is 1.03. The van der Waals surface area contributed by atoms with Crippen molar-refractivity contribution in [2.24, 2.45) is 0 Å². The van der Waals surface area contributed by atoms with Gasteiger partial charge in [0.05, 0.1) is 0 Å². The van der Waals surface area contributed by atoms with Crippen LogP contribution in [0.4, 0.5) is 0 Å². The number of hydrogen-bond donors (Lipinski definition) is 0. The molecule has 94 valence electrons. The summed E-state index contributed by atoms with van der Waals surface area (Å²) in [6, 6.07) is 21.4. The molecule has 0 spiro atoms. The van der Waals surface area contributed by atoms with E-state index in [1.165, 1.54) is 17.5 Å². The first-order chi connectivity index (χ1) is 8.88. The van der Waals surface area contributed by atoms with Gasteiger partial charge in [-0.25, -0.2) is 0 Å². The van der Waals surface area contributed by atoms with Gasteiger partial charge in [0.25, 0.3) is 0 Å². The zero-order valence-corrected chi connectivity index (χ0v) is 11.0. The Balaban J connectivity index is 2.00. The van der Waals surface area contributed by atoms with E-state index in [4.69, 9.17) is 0 Å². The predicted octanol–water partition coefficient (Wildman–Crippen LogP) is 4.10.